The minimum atomic E-state index is 1.05. The summed E-state index contributed by atoms with van der Waals surface area (Å²) in [5, 5.41) is 0. The highest BCUT2D eigenvalue weighted by atomic mass is 16.5. The average molecular weight is 286 g/mol. The quantitative estimate of drug-likeness (QED) is 0.548. The van der Waals surface area contributed by atoms with Crippen molar-refractivity contribution in [1.82, 2.24) is 0 Å². The zero-order chi connectivity index (χ0) is 15.2. The van der Waals surface area contributed by atoms with E-state index < -0.39 is 0 Å². The third-order valence-electron chi connectivity index (χ3n) is 4.51. The number of unbranched alkanes of at least 4 members (excludes halogenated alkanes) is 4. The molecule has 0 atom stereocenters. The summed E-state index contributed by atoms with van der Waals surface area (Å²) in [5.74, 6) is 2.28. The lowest BCUT2D eigenvalue weighted by molar-refractivity contribution is 0.393. The molecule has 1 aromatic carbocycles. The van der Waals surface area contributed by atoms with Crippen LogP contribution in [0.5, 0.6) is 5.75 Å². The van der Waals surface area contributed by atoms with Crippen LogP contribution < -0.4 is 4.74 Å². The minimum absolute atomic E-state index is 1.05. The topological polar surface area (TPSA) is 9.23 Å². The predicted molar refractivity (Wildman–Crippen MR) is 91.0 cm³/mol. The first-order chi connectivity index (χ1) is 10.2. The molecule has 0 unspecified atom stereocenters. The van der Waals surface area contributed by atoms with E-state index in [1.54, 1.807) is 0 Å². The number of ether oxygens (including phenoxy) is 1. The third-order valence-corrected chi connectivity index (χ3v) is 4.51. The molecule has 1 nitrogen and oxygen atoms in total. The zero-order valence-electron chi connectivity index (χ0n) is 14.2. The number of hydrogen-bond donors (Lipinski definition) is 0. The van der Waals surface area contributed by atoms with Gasteiger partial charge in [-0.25, -0.2) is 0 Å². The monoisotopic (exact) mass is 286 g/mol. The molecule has 0 aliphatic carbocycles. The maximum atomic E-state index is 6.18. The summed E-state index contributed by atoms with van der Waals surface area (Å²) in [5.41, 5.74) is 5.61. The van der Waals surface area contributed by atoms with E-state index in [0.29, 0.717) is 0 Å². The molecule has 0 saturated carbocycles. The Morgan fingerprint density at radius 3 is 2.48 bits per heavy atom. The van der Waals surface area contributed by atoms with Gasteiger partial charge in [0.05, 0.1) is 0 Å². The zero-order valence-corrected chi connectivity index (χ0v) is 14.2. The van der Waals surface area contributed by atoms with Crippen molar-refractivity contribution in [3.05, 3.63) is 40.2 Å². The smallest absolute Gasteiger partial charge is 0.133 e. The van der Waals surface area contributed by atoms with Crippen molar-refractivity contribution in [3.8, 4) is 5.75 Å². The Hall–Kier alpha value is -1.24. The summed E-state index contributed by atoms with van der Waals surface area (Å²) < 4.78 is 6.18. The first kappa shape index (κ1) is 16.1. The van der Waals surface area contributed by atoms with E-state index in [1.165, 1.54) is 60.8 Å². The van der Waals surface area contributed by atoms with Gasteiger partial charge in [0, 0.05) is 6.42 Å². The van der Waals surface area contributed by atoms with Crippen LogP contribution in [0.3, 0.4) is 0 Å². The fraction of sp³-hybridized carbons (Fsp3) is 0.600. The molecule has 1 heteroatoms. The molecule has 0 spiro atoms. The molecule has 0 bridgehead atoms. The van der Waals surface area contributed by atoms with Crippen molar-refractivity contribution in [2.24, 2.45) is 0 Å². The van der Waals surface area contributed by atoms with Crippen LogP contribution in [0, 0.1) is 6.92 Å². The van der Waals surface area contributed by atoms with Crippen molar-refractivity contribution in [1.29, 1.82) is 0 Å². The van der Waals surface area contributed by atoms with Crippen LogP contribution in [0.25, 0.3) is 0 Å². The molecule has 116 valence electrons. The second kappa shape index (κ2) is 7.68. The summed E-state index contributed by atoms with van der Waals surface area (Å²) >= 11 is 0. The standard InChI is InChI=1S/C20H30O/c1-5-7-8-9-10-11-18-14-19-13-15(3)12-17(6-2)20(19)21-16(18)4/h12-13H,5-11,14H2,1-4H3. The van der Waals surface area contributed by atoms with E-state index >= 15 is 0 Å². The summed E-state index contributed by atoms with van der Waals surface area (Å²) in [6, 6.07) is 4.57. The number of allylic oxidation sites excluding steroid dienone is 2. The van der Waals surface area contributed by atoms with Gasteiger partial charge < -0.3 is 4.74 Å². The van der Waals surface area contributed by atoms with Gasteiger partial charge in [-0.05, 0) is 49.8 Å². The van der Waals surface area contributed by atoms with Gasteiger partial charge in [-0.1, -0.05) is 57.2 Å². The Morgan fingerprint density at radius 2 is 1.76 bits per heavy atom. The fourth-order valence-corrected chi connectivity index (χ4v) is 3.24. The molecular formula is C20H30O. The first-order valence-corrected chi connectivity index (χ1v) is 8.64. The van der Waals surface area contributed by atoms with Crippen LogP contribution in [0.4, 0.5) is 0 Å². The number of aryl methyl sites for hydroxylation is 2. The van der Waals surface area contributed by atoms with Crippen molar-refractivity contribution in [2.75, 3.05) is 0 Å². The van der Waals surface area contributed by atoms with Crippen LogP contribution in [0.15, 0.2) is 23.5 Å². The number of hydrogen-bond acceptors (Lipinski definition) is 1. The second-order valence-electron chi connectivity index (χ2n) is 6.37. The molecule has 0 saturated heterocycles. The van der Waals surface area contributed by atoms with Crippen molar-refractivity contribution in [3.63, 3.8) is 0 Å². The molecule has 0 radical (unpaired) electrons. The minimum Gasteiger partial charge on any atom is -0.461 e. The molecule has 1 aliphatic rings. The van der Waals surface area contributed by atoms with E-state index in [9.17, 15) is 0 Å². The number of fused-ring (bicyclic) bond motifs is 1. The van der Waals surface area contributed by atoms with E-state index in [0.717, 1.165) is 24.4 Å². The summed E-state index contributed by atoms with van der Waals surface area (Å²) in [6.07, 6.45) is 10.0. The molecule has 0 fully saturated rings. The molecule has 21 heavy (non-hydrogen) atoms. The molecule has 1 heterocycles. The Bertz CT molecular complexity index is 511. The van der Waals surface area contributed by atoms with Crippen LogP contribution in [0.1, 0.15) is 76.0 Å². The maximum absolute atomic E-state index is 6.18. The lowest BCUT2D eigenvalue weighted by atomic mass is 9.92. The molecule has 1 aliphatic heterocycles. The second-order valence-corrected chi connectivity index (χ2v) is 6.37. The van der Waals surface area contributed by atoms with Gasteiger partial charge in [-0.3, -0.25) is 0 Å². The lowest BCUT2D eigenvalue weighted by Gasteiger charge is -2.24. The van der Waals surface area contributed by atoms with Crippen molar-refractivity contribution in [2.45, 2.75) is 79.1 Å². The van der Waals surface area contributed by atoms with Gasteiger partial charge in [0.15, 0.2) is 0 Å². The Morgan fingerprint density at radius 1 is 1.00 bits per heavy atom. The fourth-order valence-electron chi connectivity index (χ4n) is 3.24. The maximum Gasteiger partial charge on any atom is 0.133 e. The van der Waals surface area contributed by atoms with Crippen LogP contribution in [-0.4, -0.2) is 0 Å². The van der Waals surface area contributed by atoms with E-state index in [4.69, 9.17) is 4.74 Å². The lowest BCUT2D eigenvalue weighted by Crippen LogP contribution is -2.11. The molecule has 0 N–H and O–H groups in total. The largest absolute Gasteiger partial charge is 0.461 e. The highest BCUT2D eigenvalue weighted by molar-refractivity contribution is 5.49. The van der Waals surface area contributed by atoms with E-state index in [2.05, 4.69) is 39.8 Å². The Kier molecular flexibility index (Phi) is 5.90. The van der Waals surface area contributed by atoms with Crippen molar-refractivity contribution < 1.29 is 4.74 Å². The van der Waals surface area contributed by atoms with E-state index in [-0.39, 0.29) is 0 Å². The number of rotatable bonds is 7. The van der Waals surface area contributed by atoms with Crippen LogP contribution >= 0.6 is 0 Å². The Balaban J connectivity index is 2.03. The van der Waals surface area contributed by atoms with Crippen LogP contribution in [-0.2, 0) is 12.8 Å². The van der Waals surface area contributed by atoms with Crippen LogP contribution in [0.2, 0.25) is 0 Å². The summed E-state index contributed by atoms with van der Waals surface area (Å²) in [4.78, 5) is 0. The molecule has 2 rings (SSSR count). The average Bonchev–Trinajstić information content (AvgIpc) is 2.47. The van der Waals surface area contributed by atoms with Gasteiger partial charge in [-0.15, -0.1) is 0 Å². The normalized spacial score (nSPS) is 14.1. The third kappa shape index (κ3) is 4.12. The SMILES string of the molecule is CCCCCCCC1=C(C)Oc2c(CC)cc(C)cc2C1. The molecule has 0 aromatic heterocycles. The van der Waals surface area contributed by atoms with Gasteiger partial charge in [0.25, 0.3) is 0 Å². The molecule has 1 aromatic rings. The van der Waals surface area contributed by atoms with Gasteiger partial charge in [-0.2, -0.15) is 0 Å². The summed E-state index contributed by atoms with van der Waals surface area (Å²) in [7, 11) is 0. The van der Waals surface area contributed by atoms with Gasteiger partial charge >= 0.3 is 0 Å². The van der Waals surface area contributed by atoms with Gasteiger partial charge in [0.1, 0.15) is 11.5 Å². The Labute approximate surface area is 130 Å². The van der Waals surface area contributed by atoms with E-state index in [1.807, 2.05) is 0 Å². The molecule has 0 amide bonds. The van der Waals surface area contributed by atoms with Crippen molar-refractivity contribution >= 4 is 0 Å². The number of benzene rings is 1. The first-order valence-electron chi connectivity index (χ1n) is 8.64. The predicted octanol–water partition coefficient (Wildman–Crippen LogP) is 6.13. The molecular weight excluding hydrogens is 256 g/mol. The highest BCUT2D eigenvalue weighted by Gasteiger charge is 2.19. The summed E-state index contributed by atoms with van der Waals surface area (Å²) in [6.45, 7) is 8.81. The van der Waals surface area contributed by atoms with Gasteiger partial charge in [0.2, 0.25) is 0 Å². The highest BCUT2D eigenvalue weighted by Crippen LogP contribution is 2.36.